The number of carbonyl (C=O) groups excluding carboxylic acids is 1. The molecule has 0 saturated heterocycles. The second-order valence-electron chi connectivity index (χ2n) is 5.90. The molecule has 0 aliphatic heterocycles. The predicted octanol–water partition coefficient (Wildman–Crippen LogP) is 2.56. The summed E-state index contributed by atoms with van der Waals surface area (Å²) in [6, 6.07) is 1.99. The maximum absolute atomic E-state index is 12.5. The number of rotatable bonds is 4. The SMILES string of the molecule is CCc1cc(CC(=O)c2snnc2C(C)(C)C)n(C)n1. The number of aromatic nitrogens is 4. The number of nitrogens with zero attached hydrogens (tertiary/aromatic N) is 4. The molecule has 0 fully saturated rings. The third-order valence-corrected chi connectivity index (χ3v) is 3.95. The third-order valence-electron chi connectivity index (χ3n) is 3.18. The van der Waals surface area contributed by atoms with Crippen molar-refractivity contribution in [1.29, 1.82) is 0 Å². The van der Waals surface area contributed by atoms with E-state index >= 15 is 0 Å². The van der Waals surface area contributed by atoms with E-state index in [9.17, 15) is 4.79 Å². The Morgan fingerprint density at radius 2 is 2.10 bits per heavy atom. The maximum atomic E-state index is 12.5. The first kappa shape index (κ1) is 14.8. The molecule has 0 N–H and O–H groups in total. The van der Waals surface area contributed by atoms with Gasteiger partial charge in [0.2, 0.25) is 0 Å². The van der Waals surface area contributed by atoms with Crippen LogP contribution in [0.15, 0.2) is 6.07 Å². The van der Waals surface area contributed by atoms with Crippen LogP contribution in [0.3, 0.4) is 0 Å². The number of aryl methyl sites for hydroxylation is 2. The van der Waals surface area contributed by atoms with Gasteiger partial charge in [0, 0.05) is 18.2 Å². The van der Waals surface area contributed by atoms with Crippen molar-refractivity contribution >= 4 is 17.3 Å². The maximum Gasteiger partial charge on any atom is 0.182 e. The summed E-state index contributed by atoms with van der Waals surface area (Å²) >= 11 is 1.18. The summed E-state index contributed by atoms with van der Waals surface area (Å²) in [4.78, 5) is 13.1. The Hall–Kier alpha value is -1.56. The Morgan fingerprint density at radius 1 is 1.40 bits per heavy atom. The Balaban J connectivity index is 2.25. The van der Waals surface area contributed by atoms with Crippen LogP contribution in [0.5, 0.6) is 0 Å². The molecule has 6 heteroatoms. The molecule has 20 heavy (non-hydrogen) atoms. The van der Waals surface area contributed by atoms with E-state index in [1.165, 1.54) is 11.5 Å². The molecule has 0 radical (unpaired) electrons. The van der Waals surface area contributed by atoms with Crippen molar-refractivity contribution in [3.8, 4) is 0 Å². The summed E-state index contributed by atoms with van der Waals surface area (Å²) in [5.41, 5.74) is 2.55. The zero-order valence-corrected chi connectivity index (χ0v) is 13.4. The monoisotopic (exact) mass is 292 g/mol. The van der Waals surface area contributed by atoms with Crippen LogP contribution in [0, 0.1) is 0 Å². The minimum Gasteiger partial charge on any atom is -0.293 e. The number of carbonyl (C=O) groups is 1. The minimum absolute atomic E-state index is 0.0654. The molecular weight excluding hydrogens is 272 g/mol. The van der Waals surface area contributed by atoms with Crippen LogP contribution < -0.4 is 0 Å². The van der Waals surface area contributed by atoms with Gasteiger partial charge in [-0.2, -0.15) is 5.10 Å². The van der Waals surface area contributed by atoms with Crippen molar-refractivity contribution in [2.75, 3.05) is 0 Å². The number of hydrogen-bond acceptors (Lipinski definition) is 5. The molecule has 2 rings (SSSR count). The van der Waals surface area contributed by atoms with Gasteiger partial charge in [0.1, 0.15) is 4.88 Å². The van der Waals surface area contributed by atoms with Gasteiger partial charge >= 0.3 is 0 Å². The Kier molecular flexibility index (Phi) is 4.04. The number of Topliss-reactive ketones (excluding diaryl/α,β-unsaturated/α-hetero) is 1. The van der Waals surface area contributed by atoms with Gasteiger partial charge < -0.3 is 0 Å². The fourth-order valence-corrected chi connectivity index (χ4v) is 2.83. The molecule has 0 amide bonds. The zero-order valence-electron chi connectivity index (χ0n) is 12.6. The molecule has 0 spiro atoms. The summed E-state index contributed by atoms with van der Waals surface area (Å²) in [7, 11) is 1.87. The fraction of sp³-hybridized carbons (Fsp3) is 0.571. The Bertz CT molecular complexity index is 621. The molecule has 0 aliphatic rings. The van der Waals surface area contributed by atoms with E-state index in [0.717, 1.165) is 23.5 Å². The van der Waals surface area contributed by atoms with Gasteiger partial charge in [-0.05, 0) is 24.0 Å². The van der Waals surface area contributed by atoms with Crippen LogP contribution >= 0.6 is 11.5 Å². The number of ketones is 1. The van der Waals surface area contributed by atoms with Crippen LogP contribution in [0.25, 0.3) is 0 Å². The first-order valence-corrected chi connectivity index (χ1v) is 7.48. The second-order valence-corrected chi connectivity index (χ2v) is 6.66. The van der Waals surface area contributed by atoms with Gasteiger partial charge in [0.05, 0.1) is 17.8 Å². The van der Waals surface area contributed by atoms with Crippen molar-refractivity contribution in [3.05, 3.63) is 28.0 Å². The lowest BCUT2D eigenvalue weighted by atomic mass is 9.90. The number of hydrogen-bond donors (Lipinski definition) is 0. The molecule has 2 aromatic rings. The molecule has 5 nitrogen and oxygen atoms in total. The van der Waals surface area contributed by atoms with E-state index in [2.05, 4.69) is 21.6 Å². The normalized spacial score (nSPS) is 11.8. The van der Waals surface area contributed by atoms with Crippen LogP contribution in [0.1, 0.15) is 54.4 Å². The third kappa shape index (κ3) is 2.95. The molecule has 0 saturated carbocycles. The molecule has 2 aromatic heterocycles. The lowest BCUT2D eigenvalue weighted by Gasteiger charge is -2.15. The van der Waals surface area contributed by atoms with Gasteiger partial charge in [-0.25, -0.2) is 0 Å². The summed E-state index contributed by atoms with van der Waals surface area (Å²) in [5, 5.41) is 8.49. The smallest absolute Gasteiger partial charge is 0.182 e. The average Bonchev–Trinajstić information content (AvgIpc) is 2.96. The second kappa shape index (κ2) is 5.44. The highest BCUT2D eigenvalue weighted by Gasteiger charge is 2.26. The highest BCUT2D eigenvalue weighted by atomic mass is 32.1. The van der Waals surface area contributed by atoms with Crippen molar-refractivity contribution in [2.45, 2.75) is 46.0 Å². The molecule has 0 atom stereocenters. The van der Waals surface area contributed by atoms with Gasteiger partial charge in [0.25, 0.3) is 0 Å². The fourth-order valence-electron chi connectivity index (χ4n) is 2.02. The van der Waals surface area contributed by atoms with Crippen molar-refractivity contribution in [3.63, 3.8) is 0 Å². The van der Waals surface area contributed by atoms with Gasteiger partial charge in [-0.3, -0.25) is 9.48 Å². The van der Waals surface area contributed by atoms with E-state index < -0.39 is 0 Å². The minimum atomic E-state index is -0.168. The standard InChI is InChI=1S/C14H20N4OS/c1-6-9-7-10(18(5)16-9)8-11(19)12-13(14(2,3)4)15-17-20-12/h7H,6,8H2,1-5H3. The summed E-state index contributed by atoms with van der Waals surface area (Å²) in [5.74, 6) is 0.0654. The van der Waals surface area contributed by atoms with Crippen LogP contribution in [0.4, 0.5) is 0 Å². The molecule has 0 bridgehead atoms. The van der Waals surface area contributed by atoms with Crippen molar-refractivity contribution in [2.24, 2.45) is 7.05 Å². The van der Waals surface area contributed by atoms with Crippen LogP contribution in [0.2, 0.25) is 0 Å². The quantitative estimate of drug-likeness (QED) is 0.813. The van der Waals surface area contributed by atoms with Crippen LogP contribution in [-0.4, -0.2) is 25.2 Å². The summed E-state index contributed by atoms with van der Waals surface area (Å²) in [6.07, 6.45) is 1.22. The molecule has 0 unspecified atom stereocenters. The Labute approximate surface area is 123 Å². The Morgan fingerprint density at radius 3 is 2.65 bits per heavy atom. The molecular formula is C14H20N4OS. The first-order chi connectivity index (χ1) is 9.32. The molecule has 0 aliphatic carbocycles. The van der Waals surface area contributed by atoms with E-state index in [1.54, 1.807) is 4.68 Å². The highest BCUT2D eigenvalue weighted by Crippen LogP contribution is 2.26. The van der Waals surface area contributed by atoms with Gasteiger partial charge in [0.15, 0.2) is 5.78 Å². The lowest BCUT2D eigenvalue weighted by Crippen LogP contribution is -2.17. The largest absolute Gasteiger partial charge is 0.293 e. The van der Waals surface area contributed by atoms with Crippen molar-refractivity contribution in [1.82, 2.24) is 19.4 Å². The molecule has 2 heterocycles. The van der Waals surface area contributed by atoms with Gasteiger partial charge in [-0.1, -0.05) is 32.2 Å². The van der Waals surface area contributed by atoms with E-state index in [4.69, 9.17) is 0 Å². The summed E-state index contributed by atoms with van der Waals surface area (Å²) < 4.78 is 5.72. The zero-order chi connectivity index (χ0) is 14.9. The average molecular weight is 292 g/mol. The van der Waals surface area contributed by atoms with E-state index in [1.807, 2.05) is 33.9 Å². The predicted molar refractivity (Wildman–Crippen MR) is 79.2 cm³/mol. The molecule has 108 valence electrons. The lowest BCUT2D eigenvalue weighted by molar-refractivity contribution is 0.0992. The van der Waals surface area contributed by atoms with E-state index in [0.29, 0.717) is 11.3 Å². The topological polar surface area (TPSA) is 60.7 Å². The van der Waals surface area contributed by atoms with Crippen molar-refractivity contribution < 1.29 is 4.79 Å². The van der Waals surface area contributed by atoms with E-state index in [-0.39, 0.29) is 11.2 Å². The summed E-state index contributed by atoms with van der Waals surface area (Å²) in [6.45, 7) is 8.18. The highest BCUT2D eigenvalue weighted by molar-refractivity contribution is 7.08. The molecule has 0 aromatic carbocycles. The first-order valence-electron chi connectivity index (χ1n) is 6.70. The van der Waals surface area contributed by atoms with Gasteiger partial charge in [-0.15, -0.1) is 5.10 Å². The van der Waals surface area contributed by atoms with Crippen LogP contribution in [-0.2, 0) is 25.3 Å².